The largest absolute Gasteiger partial charge is 0.264 e. The molecule has 0 amide bonds. The molecule has 0 aliphatic rings. The zero-order chi connectivity index (χ0) is 27.4. The Morgan fingerprint density at radius 3 is 1.26 bits per heavy atom. The molecule has 4 aromatic heterocycles. The first-order valence-electron chi connectivity index (χ1n) is 14.3. The van der Waals surface area contributed by atoms with E-state index in [9.17, 15) is 0 Å². The van der Waals surface area contributed by atoms with Crippen LogP contribution in [0.25, 0.3) is 87.3 Å². The summed E-state index contributed by atoms with van der Waals surface area (Å²) in [4.78, 5) is 9.33. The first-order chi connectivity index (χ1) is 20.9. The maximum atomic E-state index is 4.66. The molecule has 192 valence electrons. The highest BCUT2D eigenvalue weighted by Crippen LogP contribution is 2.46. The second-order valence-corrected chi connectivity index (χ2v) is 11.0. The number of benzene rings is 6. The Kier molecular flexibility index (Phi) is 4.15. The molecule has 0 unspecified atom stereocenters. The Labute approximate surface area is 240 Å². The number of pyridine rings is 4. The molecule has 10 aromatic rings. The molecule has 0 bridgehead atoms. The highest BCUT2D eigenvalue weighted by Gasteiger charge is 2.35. The SMILES string of the molecule is c1ccc(-[n+]2c3cccc4c5ccncc5c5c(c43)c3c4c(cccc4[n+]5-c4ccccc4)c4ccncc4c32)cc1. The fraction of sp³-hybridized carbons (Fsp3) is 0. The zero-order valence-corrected chi connectivity index (χ0v) is 22.5. The van der Waals surface area contributed by atoms with E-state index >= 15 is 0 Å². The Bertz CT molecular complexity index is 2480. The van der Waals surface area contributed by atoms with Crippen LogP contribution in [0.15, 0.2) is 134 Å². The van der Waals surface area contributed by atoms with Gasteiger partial charge in [-0.25, -0.2) is 0 Å². The number of para-hydroxylation sites is 2. The van der Waals surface area contributed by atoms with Crippen molar-refractivity contribution in [1.29, 1.82) is 0 Å². The maximum Gasteiger partial charge on any atom is 0.230 e. The van der Waals surface area contributed by atoms with Gasteiger partial charge in [-0.15, -0.1) is 0 Å². The van der Waals surface area contributed by atoms with Crippen molar-refractivity contribution in [3.63, 3.8) is 0 Å². The van der Waals surface area contributed by atoms with Gasteiger partial charge < -0.3 is 0 Å². The summed E-state index contributed by atoms with van der Waals surface area (Å²) in [6.07, 6.45) is 7.91. The van der Waals surface area contributed by atoms with E-state index in [4.69, 9.17) is 0 Å². The van der Waals surface area contributed by atoms with E-state index in [0.717, 1.165) is 22.1 Å². The van der Waals surface area contributed by atoms with Crippen LogP contribution in [0.1, 0.15) is 0 Å². The molecule has 0 saturated heterocycles. The van der Waals surface area contributed by atoms with Crippen LogP contribution in [-0.2, 0) is 0 Å². The molecule has 10 rings (SSSR count). The van der Waals surface area contributed by atoms with Crippen molar-refractivity contribution in [2.45, 2.75) is 0 Å². The second-order valence-electron chi connectivity index (χ2n) is 11.0. The number of aromatic nitrogens is 4. The Hall–Kier alpha value is -5.74. The second kappa shape index (κ2) is 7.93. The standard InChI is InChI=1S/C38H22N4/c1-3-9-23(10-4-1)41-31-15-7-13-27-26-18-20-40-22-30(26)38-36(33(27)31)35-34-28(25-17-19-39-21-29(25)37(35)41)14-8-16-32(34)42(38)24-11-5-2-6-12-24/h1-22H/q+2. The lowest BCUT2D eigenvalue weighted by atomic mass is 9.87. The number of hydrogen-bond acceptors (Lipinski definition) is 2. The molecule has 0 aliphatic carbocycles. The van der Waals surface area contributed by atoms with E-state index in [1.54, 1.807) is 0 Å². The van der Waals surface area contributed by atoms with Gasteiger partial charge in [0.15, 0.2) is 0 Å². The normalized spacial score (nSPS) is 12.3. The third kappa shape index (κ3) is 2.62. The van der Waals surface area contributed by atoms with Crippen molar-refractivity contribution in [3.8, 4) is 11.4 Å². The molecular weight excluding hydrogens is 512 g/mol. The summed E-state index contributed by atoms with van der Waals surface area (Å²) >= 11 is 0. The van der Waals surface area contributed by atoms with Crippen molar-refractivity contribution < 1.29 is 9.13 Å². The van der Waals surface area contributed by atoms with Crippen LogP contribution in [-0.4, -0.2) is 9.97 Å². The van der Waals surface area contributed by atoms with Gasteiger partial charge in [0, 0.05) is 61.2 Å². The van der Waals surface area contributed by atoms with Gasteiger partial charge in [0.1, 0.15) is 0 Å². The lowest BCUT2D eigenvalue weighted by Crippen LogP contribution is -2.36. The zero-order valence-electron chi connectivity index (χ0n) is 22.5. The molecule has 0 atom stereocenters. The van der Waals surface area contributed by atoms with Crippen LogP contribution < -0.4 is 9.13 Å². The Morgan fingerprint density at radius 1 is 0.357 bits per heavy atom. The lowest BCUT2D eigenvalue weighted by Gasteiger charge is -2.18. The van der Waals surface area contributed by atoms with Crippen molar-refractivity contribution in [2.24, 2.45) is 0 Å². The molecule has 6 aromatic carbocycles. The maximum absolute atomic E-state index is 4.66. The minimum atomic E-state index is 1.13. The summed E-state index contributed by atoms with van der Waals surface area (Å²) in [5.41, 5.74) is 6.99. The third-order valence-electron chi connectivity index (χ3n) is 9.00. The minimum Gasteiger partial charge on any atom is -0.264 e. The summed E-state index contributed by atoms with van der Waals surface area (Å²) in [5, 5.41) is 12.2. The van der Waals surface area contributed by atoms with Crippen molar-refractivity contribution >= 4 is 75.9 Å². The summed E-state index contributed by atoms with van der Waals surface area (Å²) in [6, 6.07) is 39.3. The summed E-state index contributed by atoms with van der Waals surface area (Å²) in [7, 11) is 0. The predicted octanol–water partition coefficient (Wildman–Crippen LogP) is 7.98. The van der Waals surface area contributed by atoms with Crippen molar-refractivity contribution in [3.05, 3.63) is 134 Å². The van der Waals surface area contributed by atoms with Gasteiger partial charge in [-0.05, 0) is 33.7 Å². The summed E-state index contributed by atoms with van der Waals surface area (Å²) < 4.78 is 4.92. The predicted molar refractivity (Wildman–Crippen MR) is 170 cm³/mol. The number of rotatable bonds is 2. The molecule has 0 N–H and O–H groups in total. The minimum absolute atomic E-state index is 1.13. The molecule has 0 aliphatic heterocycles. The molecular formula is C38H22N4+2. The molecule has 0 saturated carbocycles. The highest BCUT2D eigenvalue weighted by molar-refractivity contribution is 6.41. The summed E-state index contributed by atoms with van der Waals surface area (Å²) in [6.45, 7) is 0. The van der Waals surface area contributed by atoms with E-state index in [2.05, 4.69) is 128 Å². The first kappa shape index (κ1) is 22.0. The summed E-state index contributed by atoms with van der Waals surface area (Å²) in [5.74, 6) is 0. The smallest absolute Gasteiger partial charge is 0.230 e. The quantitative estimate of drug-likeness (QED) is 0.128. The van der Waals surface area contributed by atoms with Gasteiger partial charge in [0.25, 0.3) is 0 Å². The van der Waals surface area contributed by atoms with E-state index in [0.29, 0.717) is 0 Å². The van der Waals surface area contributed by atoms with E-state index in [1.165, 1.54) is 65.2 Å². The molecule has 0 spiro atoms. The molecule has 4 nitrogen and oxygen atoms in total. The van der Waals surface area contributed by atoms with Crippen LogP contribution in [0, 0.1) is 0 Å². The van der Waals surface area contributed by atoms with E-state index in [-0.39, 0.29) is 0 Å². The Balaban J connectivity index is 1.68. The molecule has 0 radical (unpaired) electrons. The van der Waals surface area contributed by atoms with Gasteiger partial charge in [-0.2, -0.15) is 9.13 Å². The fourth-order valence-electron chi connectivity index (χ4n) is 7.45. The van der Waals surface area contributed by atoms with Crippen LogP contribution in [0.3, 0.4) is 0 Å². The highest BCUT2D eigenvalue weighted by atomic mass is 15.0. The molecule has 4 heterocycles. The van der Waals surface area contributed by atoms with Crippen LogP contribution in [0.5, 0.6) is 0 Å². The lowest BCUT2D eigenvalue weighted by molar-refractivity contribution is -0.539. The van der Waals surface area contributed by atoms with Crippen LogP contribution in [0.2, 0.25) is 0 Å². The van der Waals surface area contributed by atoms with Gasteiger partial charge in [-0.3, -0.25) is 9.97 Å². The molecule has 0 fully saturated rings. The van der Waals surface area contributed by atoms with Gasteiger partial charge in [-0.1, -0.05) is 60.7 Å². The van der Waals surface area contributed by atoms with Gasteiger partial charge in [0.2, 0.25) is 33.4 Å². The first-order valence-corrected chi connectivity index (χ1v) is 14.3. The average molecular weight is 535 g/mol. The van der Waals surface area contributed by atoms with Gasteiger partial charge in [0.05, 0.1) is 32.3 Å². The van der Waals surface area contributed by atoms with E-state index < -0.39 is 0 Å². The van der Waals surface area contributed by atoms with E-state index in [1.807, 2.05) is 24.8 Å². The molecule has 42 heavy (non-hydrogen) atoms. The van der Waals surface area contributed by atoms with Gasteiger partial charge >= 0.3 is 0 Å². The Morgan fingerprint density at radius 2 is 0.810 bits per heavy atom. The van der Waals surface area contributed by atoms with Crippen molar-refractivity contribution in [2.75, 3.05) is 0 Å². The van der Waals surface area contributed by atoms with Crippen LogP contribution in [0.4, 0.5) is 0 Å². The fourth-order valence-corrected chi connectivity index (χ4v) is 7.45. The van der Waals surface area contributed by atoms with Crippen molar-refractivity contribution in [1.82, 2.24) is 9.97 Å². The average Bonchev–Trinajstić information content (AvgIpc) is 3.07. The number of nitrogens with zero attached hydrogens (tertiary/aromatic N) is 4. The third-order valence-corrected chi connectivity index (χ3v) is 9.00. The number of hydrogen-bond donors (Lipinski definition) is 0. The number of fused-ring (bicyclic) bond motifs is 6. The monoisotopic (exact) mass is 534 g/mol. The topological polar surface area (TPSA) is 33.5 Å². The molecule has 4 heteroatoms. The van der Waals surface area contributed by atoms with Crippen LogP contribution >= 0.6 is 0 Å².